The molecule has 11 heavy (non-hydrogen) atoms. The van der Waals surface area contributed by atoms with E-state index in [0.29, 0.717) is 0 Å². The van der Waals surface area contributed by atoms with Gasteiger partial charge in [0.05, 0.1) is 0 Å². The quantitative estimate of drug-likeness (QED) is 0.636. The molecule has 0 radical (unpaired) electrons. The zero-order valence-electron chi connectivity index (χ0n) is 6.59. The number of aryl methyl sites for hydroxylation is 1. The van der Waals surface area contributed by atoms with Crippen LogP contribution in [0.5, 0.6) is 0 Å². The minimum atomic E-state index is 0.765. The second-order valence-electron chi connectivity index (χ2n) is 2.32. The number of anilines is 1. The SMILES string of the molecule is CC(=S)Nc1ccbnc1C. The monoisotopic (exact) mass is 164 g/mol. The molecule has 0 aliphatic carbocycles. The van der Waals surface area contributed by atoms with Crippen molar-refractivity contribution >= 4 is 29.9 Å². The fourth-order valence-corrected chi connectivity index (χ4v) is 0.916. The molecule has 1 aromatic rings. The Morgan fingerprint density at radius 1 is 1.73 bits per heavy atom. The van der Waals surface area contributed by atoms with Crippen LogP contribution in [0.1, 0.15) is 12.6 Å². The second-order valence-corrected chi connectivity index (χ2v) is 2.93. The van der Waals surface area contributed by atoms with E-state index in [1.807, 2.05) is 25.9 Å². The van der Waals surface area contributed by atoms with E-state index in [2.05, 4.69) is 10.2 Å². The Kier molecular flexibility index (Phi) is 2.71. The molecule has 1 rings (SSSR count). The molecule has 0 saturated carbocycles. The molecule has 0 amide bonds. The molecule has 4 heteroatoms. The van der Waals surface area contributed by atoms with Crippen molar-refractivity contribution < 1.29 is 0 Å². The van der Waals surface area contributed by atoms with E-state index in [4.69, 9.17) is 12.2 Å². The van der Waals surface area contributed by atoms with Gasteiger partial charge < -0.3 is 0 Å². The van der Waals surface area contributed by atoms with Gasteiger partial charge in [-0.1, -0.05) is 0 Å². The Morgan fingerprint density at radius 3 is 3.00 bits per heavy atom. The van der Waals surface area contributed by atoms with Gasteiger partial charge in [0.1, 0.15) is 0 Å². The normalized spacial score (nSPS) is 8.91. The fourth-order valence-electron chi connectivity index (χ4n) is 0.806. The zero-order valence-corrected chi connectivity index (χ0v) is 7.40. The van der Waals surface area contributed by atoms with Crippen LogP contribution in [-0.4, -0.2) is 16.9 Å². The van der Waals surface area contributed by atoms with Crippen LogP contribution in [0.3, 0.4) is 0 Å². The Labute approximate surface area is 72.3 Å². The van der Waals surface area contributed by atoms with Crippen LogP contribution < -0.4 is 5.32 Å². The van der Waals surface area contributed by atoms with Crippen molar-refractivity contribution in [3.63, 3.8) is 0 Å². The first kappa shape index (κ1) is 8.33. The second kappa shape index (κ2) is 3.58. The summed E-state index contributed by atoms with van der Waals surface area (Å²) < 4.78 is 0. The Morgan fingerprint density at radius 2 is 2.45 bits per heavy atom. The molecule has 0 bridgehead atoms. The van der Waals surface area contributed by atoms with E-state index in [9.17, 15) is 0 Å². The van der Waals surface area contributed by atoms with Crippen LogP contribution in [0.25, 0.3) is 0 Å². The summed E-state index contributed by atoms with van der Waals surface area (Å²) >= 11 is 4.90. The molecular weight excluding hydrogens is 155 g/mol. The predicted molar refractivity (Wildman–Crippen MR) is 52.2 cm³/mol. The third kappa shape index (κ3) is 2.39. The Bertz CT molecular complexity index is 275. The molecule has 1 N–H and O–H groups in total. The van der Waals surface area contributed by atoms with E-state index in [0.717, 1.165) is 16.4 Å². The molecule has 1 heterocycles. The summed E-state index contributed by atoms with van der Waals surface area (Å²) in [5.41, 5.74) is 1.96. The fraction of sp³-hybridized carbons (Fsp3) is 0.286. The van der Waals surface area contributed by atoms with Crippen LogP contribution >= 0.6 is 12.2 Å². The van der Waals surface area contributed by atoms with Crippen molar-refractivity contribution in [3.8, 4) is 0 Å². The predicted octanol–water partition coefficient (Wildman–Crippen LogP) is 1.49. The summed E-state index contributed by atoms with van der Waals surface area (Å²) in [6.07, 6.45) is 0. The van der Waals surface area contributed by atoms with Gasteiger partial charge >= 0.3 is 71.7 Å². The number of rotatable bonds is 1. The topological polar surface area (TPSA) is 24.9 Å². The van der Waals surface area contributed by atoms with Gasteiger partial charge in [0.2, 0.25) is 0 Å². The first-order chi connectivity index (χ1) is 5.20. The molecule has 56 valence electrons. The number of hydrogen-bond donors (Lipinski definition) is 1. The Balaban J connectivity index is 2.86. The van der Waals surface area contributed by atoms with Gasteiger partial charge in [-0.25, -0.2) is 0 Å². The van der Waals surface area contributed by atoms with Crippen molar-refractivity contribution in [2.45, 2.75) is 13.8 Å². The third-order valence-corrected chi connectivity index (χ3v) is 1.42. The maximum absolute atomic E-state index is 4.90. The Hall–Kier alpha value is -0.765. The van der Waals surface area contributed by atoms with Crippen molar-refractivity contribution in [1.82, 2.24) is 4.89 Å². The molecule has 0 aromatic carbocycles. The van der Waals surface area contributed by atoms with Gasteiger partial charge in [0.15, 0.2) is 0 Å². The molecular formula is C7H9BN2S. The molecule has 0 saturated heterocycles. The molecule has 0 atom stereocenters. The maximum atomic E-state index is 4.90. The molecule has 1 aromatic heterocycles. The minimum absolute atomic E-state index is 0.765. The van der Waals surface area contributed by atoms with Crippen LogP contribution in [0.4, 0.5) is 5.69 Å². The van der Waals surface area contributed by atoms with Gasteiger partial charge in [-0.15, -0.1) is 0 Å². The first-order valence-corrected chi connectivity index (χ1v) is 3.80. The van der Waals surface area contributed by atoms with Crippen molar-refractivity contribution in [3.05, 3.63) is 17.7 Å². The van der Waals surface area contributed by atoms with Gasteiger partial charge in [0, 0.05) is 0 Å². The average Bonchev–Trinajstić information content (AvgIpc) is 1.93. The van der Waals surface area contributed by atoms with Crippen LogP contribution in [-0.2, 0) is 0 Å². The van der Waals surface area contributed by atoms with Crippen LogP contribution in [0.15, 0.2) is 12.0 Å². The van der Waals surface area contributed by atoms with E-state index in [-0.39, 0.29) is 0 Å². The number of hydrogen-bond acceptors (Lipinski definition) is 2. The molecule has 0 fully saturated rings. The van der Waals surface area contributed by atoms with E-state index in [1.165, 1.54) is 0 Å². The van der Waals surface area contributed by atoms with Crippen LogP contribution in [0.2, 0.25) is 0 Å². The van der Waals surface area contributed by atoms with E-state index >= 15 is 0 Å². The molecule has 0 aliphatic heterocycles. The number of aromatic nitrogens is 1. The number of nitrogens with zero attached hydrogens (tertiary/aromatic N) is 1. The van der Waals surface area contributed by atoms with Crippen molar-refractivity contribution in [2.24, 2.45) is 0 Å². The van der Waals surface area contributed by atoms with Gasteiger partial charge in [-0.3, -0.25) is 0 Å². The molecule has 0 aliphatic rings. The standard InChI is InChI=1S/C7H9BN2S/c1-5-7(9-6(2)11)3-4-8-10-5/h3-4H,1-2H3,(H,9,11). The molecule has 0 spiro atoms. The summed E-state index contributed by atoms with van der Waals surface area (Å²) in [6, 6.07) is 1.96. The first-order valence-electron chi connectivity index (χ1n) is 3.39. The molecule has 2 nitrogen and oxygen atoms in total. The average molecular weight is 164 g/mol. The zero-order chi connectivity index (χ0) is 8.27. The summed E-state index contributed by atoms with van der Waals surface area (Å²) in [6.45, 7) is 3.79. The summed E-state index contributed by atoms with van der Waals surface area (Å²) in [5, 5.41) is 3.04. The number of thiocarbonyl (C=S) groups is 1. The summed E-state index contributed by atoms with van der Waals surface area (Å²) in [7, 11) is 1.76. The van der Waals surface area contributed by atoms with E-state index < -0.39 is 0 Å². The third-order valence-electron chi connectivity index (χ3n) is 1.32. The van der Waals surface area contributed by atoms with Gasteiger partial charge in [0.25, 0.3) is 0 Å². The molecule has 0 unspecified atom stereocenters. The summed E-state index contributed by atoms with van der Waals surface area (Å²) in [4.78, 5) is 4.87. The van der Waals surface area contributed by atoms with Gasteiger partial charge in [-0.2, -0.15) is 0 Å². The van der Waals surface area contributed by atoms with Crippen LogP contribution in [0, 0.1) is 6.92 Å². The summed E-state index contributed by atoms with van der Waals surface area (Å²) in [5.74, 6) is 1.88. The van der Waals surface area contributed by atoms with Crippen molar-refractivity contribution in [1.29, 1.82) is 0 Å². The van der Waals surface area contributed by atoms with E-state index in [1.54, 1.807) is 7.05 Å². The van der Waals surface area contributed by atoms with Gasteiger partial charge in [-0.05, 0) is 0 Å². The van der Waals surface area contributed by atoms with Crippen molar-refractivity contribution in [2.75, 3.05) is 5.32 Å². The number of nitrogens with one attached hydrogen (secondary N) is 1.